The van der Waals surface area contributed by atoms with Crippen LogP contribution in [0.3, 0.4) is 0 Å². The minimum absolute atomic E-state index is 0.191. The van der Waals surface area contributed by atoms with Crippen LogP contribution in [0.15, 0.2) is 54.6 Å². The molecule has 0 aromatic heterocycles. The molecular formula is C17H18N2O2. The summed E-state index contributed by atoms with van der Waals surface area (Å²) in [6.07, 6.45) is -0.598. The number of hydrogen-bond acceptors (Lipinski definition) is 4. The summed E-state index contributed by atoms with van der Waals surface area (Å²) in [5, 5.41) is 21.8. The van der Waals surface area contributed by atoms with Crippen molar-refractivity contribution in [2.75, 3.05) is 13.2 Å². The molecule has 1 unspecified atom stereocenters. The number of aliphatic hydroxyl groups is 1. The summed E-state index contributed by atoms with van der Waals surface area (Å²) < 4.78 is 5.47. The lowest BCUT2D eigenvalue weighted by Crippen LogP contribution is -2.31. The normalized spacial score (nSPS) is 11.6. The van der Waals surface area contributed by atoms with E-state index < -0.39 is 6.10 Å². The van der Waals surface area contributed by atoms with Crippen molar-refractivity contribution in [1.82, 2.24) is 5.32 Å². The molecule has 0 saturated carbocycles. The SMILES string of the molecule is N#Cc1cccc(OCC(O)CNCc2ccccc2)c1. The molecule has 0 spiro atoms. The van der Waals surface area contributed by atoms with Crippen LogP contribution in [-0.4, -0.2) is 24.4 Å². The molecule has 0 aliphatic rings. The molecule has 2 rings (SSSR count). The van der Waals surface area contributed by atoms with Crippen LogP contribution >= 0.6 is 0 Å². The number of benzene rings is 2. The second-order valence-corrected chi connectivity index (χ2v) is 4.72. The van der Waals surface area contributed by atoms with Gasteiger partial charge in [-0.05, 0) is 23.8 Å². The van der Waals surface area contributed by atoms with Gasteiger partial charge in [0.1, 0.15) is 18.5 Å². The third-order valence-electron chi connectivity index (χ3n) is 2.96. The quantitative estimate of drug-likeness (QED) is 0.816. The van der Waals surface area contributed by atoms with Crippen LogP contribution in [0.2, 0.25) is 0 Å². The highest BCUT2D eigenvalue weighted by Gasteiger charge is 2.05. The molecule has 108 valence electrons. The van der Waals surface area contributed by atoms with Gasteiger partial charge in [-0.1, -0.05) is 36.4 Å². The van der Waals surface area contributed by atoms with E-state index in [4.69, 9.17) is 10.00 Å². The fourth-order valence-corrected chi connectivity index (χ4v) is 1.89. The maximum atomic E-state index is 9.86. The highest BCUT2D eigenvalue weighted by atomic mass is 16.5. The van der Waals surface area contributed by atoms with E-state index >= 15 is 0 Å². The van der Waals surface area contributed by atoms with Crippen LogP contribution in [0, 0.1) is 11.3 Å². The fraction of sp³-hybridized carbons (Fsp3) is 0.235. The Morgan fingerprint density at radius 3 is 2.71 bits per heavy atom. The van der Waals surface area contributed by atoms with E-state index in [1.807, 2.05) is 30.3 Å². The average Bonchev–Trinajstić information content (AvgIpc) is 2.54. The molecule has 0 aliphatic carbocycles. The molecule has 2 aromatic carbocycles. The topological polar surface area (TPSA) is 65.3 Å². The van der Waals surface area contributed by atoms with Crippen LogP contribution in [-0.2, 0) is 6.54 Å². The maximum Gasteiger partial charge on any atom is 0.120 e. The summed E-state index contributed by atoms with van der Waals surface area (Å²) in [6, 6.07) is 19.0. The Morgan fingerprint density at radius 1 is 1.14 bits per heavy atom. The summed E-state index contributed by atoms with van der Waals surface area (Å²) in [6.45, 7) is 1.35. The molecule has 2 aromatic rings. The Hall–Kier alpha value is -2.35. The van der Waals surface area contributed by atoms with Gasteiger partial charge >= 0.3 is 0 Å². The van der Waals surface area contributed by atoms with Gasteiger partial charge in [-0.25, -0.2) is 0 Å². The van der Waals surface area contributed by atoms with E-state index in [-0.39, 0.29) is 6.61 Å². The van der Waals surface area contributed by atoms with E-state index in [0.29, 0.717) is 24.4 Å². The first kappa shape index (κ1) is 15.0. The zero-order valence-corrected chi connectivity index (χ0v) is 11.7. The standard InChI is InChI=1S/C17H18N2O2/c18-10-15-7-4-8-17(9-15)21-13-16(20)12-19-11-14-5-2-1-3-6-14/h1-9,16,19-20H,11-13H2. The molecule has 0 radical (unpaired) electrons. The van der Waals surface area contributed by atoms with Gasteiger partial charge in [0.05, 0.1) is 11.6 Å². The Bertz CT molecular complexity index is 593. The molecule has 0 heterocycles. The maximum absolute atomic E-state index is 9.86. The highest BCUT2D eigenvalue weighted by molar-refractivity contribution is 5.36. The molecule has 0 aliphatic heterocycles. The van der Waals surface area contributed by atoms with Gasteiger partial charge in [0.25, 0.3) is 0 Å². The van der Waals surface area contributed by atoms with Gasteiger partial charge < -0.3 is 15.2 Å². The number of ether oxygens (including phenoxy) is 1. The van der Waals surface area contributed by atoms with Crippen LogP contribution in [0.1, 0.15) is 11.1 Å². The van der Waals surface area contributed by atoms with Gasteiger partial charge in [-0.3, -0.25) is 0 Å². The Morgan fingerprint density at radius 2 is 1.95 bits per heavy atom. The van der Waals surface area contributed by atoms with Crippen molar-refractivity contribution in [3.63, 3.8) is 0 Å². The average molecular weight is 282 g/mol. The Labute approximate surface area is 124 Å². The first-order valence-corrected chi connectivity index (χ1v) is 6.83. The number of rotatable bonds is 7. The number of hydrogen-bond donors (Lipinski definition) is 2. The predicted molar refractivity (Wildman–Crippen MR) is 80.8 cm³/mol. The molecule has 1 atom stereocenters. The van der Waals surface area contributed by atoms with Crippen molar-refractivity contribution in [2.24, 2.45) is 0 Å². The highest BCUT2D eigenvalue weighted by Crippen LogP contribution is 2.12. The minimum atomic E-state index is -0.598. The van der Waals surface area contributed by atoms with Gasteiger partial charge in [-0.15, -0.1) is 0 Å². The monoisotopic (exact) mass is 282 g/mol. The van der Waals surface area contributed by atoms with Crippen LogP contribution in [0.25, 0.3) is 0 Å². The molecule has 21 heavy (non-hydrogen) atoms. The molecule has 2 N–H and O–H groups in total. The van der Waals surface area contributed by atoms with Crippen LogP contribution in [0.4, 0.5) is 0 Å². The van der Waals surface area contributed by atoms with Crippen molar-refractivity contribution in [1.29, 1.82) is 5.26 Å². The van der Waals surface area contributed by atoms with Gasteiger partial charge in [-0.2, -0.15) is 5.26 Å². The lowest BCUT2D eigenvalue weighted by Gasteiger charge is -2.13. The number of nitrogens with zero attached hydrogens (tertiary/aromatic N) is 1. The third kappa shape index (κ3) is 5.27. The van der Waals surface area contributed by atoms with Crippen LogP contribution in [0.5, 0.6) is 5.75 Å². The summed E-state index contributed by atoms with van der Waals surface area (Å²) >= 11 is 0. The van der Waals surface area contributed by atoms with Gasteiger partial charge in [0.15, 0.2) is 0 Å². The van der Waals surface area contributed by atoms with E-state index in [1.54, 1.807) is 24.3 Å². The van der Waals surface area contributed by atoms with Crippen molar-refractivity contribution >= 4 is 0 Å². The second-order valence-electron chi connectivity index (χ2n) is 4.72. The number of aliphatic hydroxyl groups excluding tert-OH is 1. The van der Waals surface area contributed by atoms with E-state index in [1.165, 1.54) is 5.56 Å². The Balaban J connectivity index is 1.70. The van der Waals surface area contributed by atoms with Gasteiger partial charge in [0, 0.05) is 13.1 Å². The zero-order chi connectivity index (χ0) is 14.9. The smallest absolute Gasteiger partial charge is 0.120 e. The van der Waals surface area contributed by atoms with E-state index in [9.17, 15) is 5.11 Å². The van der Waals surface area contributed by atoms with Crippen molar-refractivity contribution < 1.29 is 9.84 Å². The van der Waals surface area contributed by atoms with E-state index in [0.717, 1.165) is 0 Å². The first-order chi connectivity index (χ1) is 10.3. The summed E-state index contributed by atoms with van der Waals surface area (Å²) in [4.78, 5) is 0. The molecule has 0 fully saturated rings. The molecule has 4 nitrogen and oxygen atoms in total. The minimum Gasteiger partial charge on any atom is -0.491 e. The van der Waals surface area contributed by atoms with Crippen molar-refractivity contribution in [3.8, 4) is 11.8 Å². The summed E-state index contributed by atoms with van der Waals surface area (Å²) in [5.41, 5.74) is 1.72. The van der Waals surface area contributed by atoms with Crippen molar-refractivity contribution in [2.45, 2.75) is 12.6 Å². The Kier molecular flexibility index (Phi) is 5.77. The largest absolute Gasteiger partial charge is 0.491 e. The molecule has 0 bridgehead atoms. The second kappa shape index (κ2) is 8.05. The van der Waals surface area contributed by atoms with Gasteiger partial charge in [0.2, 0.25) is 0 Å². The number of nitriles is 1. The molecular weight excluding hydrogens is 264 g/mol. The molecule has 0 amide bonds. The molecule has 0 saturated heterocycles. The summed E-state index contributed by atoms with van der Waals surface area (Å²) in [5.74, 6) is 0.594. The molecule has 4 heteroatoms. The lowest BCUT2D eigenvalue weighted by atomic mass is 10.2. The van der Waals surface area contributed by atoms with Crippen molar-refractivity contribution in [3.05, 3.63) is 65.7 Å². The van der Waals surface area contributed by atoms with E-state index in [2.05, 4.69) is 11.4 Å². The summed E-state index contributed by atoms with van der Waals surface area (Å²) in [7, 11) is 0. The van der Waals surface area contributed by atoms with Crippen LogP contribution < -0.4 is 10.1 Å². The lowest BCUT2D eigenvalue weighted by molar-refractivity contribution is 0.106. The third-order valence-corrected chi connectivity index (χ3v) is 2.96. The predicted octanol–water partition coefficient (Wildman–Crippen LogP) is 2.09. The zero-order valence-electron chi connectivity index (χ0n) is 11.7. The fourth-order valence-electron chi connectivity index (χ4n) is 1.89. The number of nitrogens with one attached hydrogen (secondary N) is 1. The first-order valence-electron chi connectivity index (χ1n) is 6.83.